The summed E-state index contributed by atoms with van der Waals surface area (Å²) in [7, 11) is 0. The highest BCUT2D eigenvalue weighted by molar-refractivity contribution is 5.92. The number of nitrogens with one attached hydrogen (secondary N) is 1. The Morgan fingerprint density at radius 3 is 1.75 bits per heavy atom. The van der Waals surface area contributed by atoms with Gasteiger partial charge in [0.1, 0.15) is 5.54 Å². The van der Waals surface area contributed by atoms with Crippen LogP contribution in [0.1, 0.15) is 219 Å². The quantitative estimate of drug-likeness (QED) is 0.0486. The van der Waals surface area contributed by atoms with Crippen LogP contribution in [0.25, 0.3) is 0 Å². The third-order valence-corrected chi connectivity index (χ3v) is 12.5. The molecule has 1 saturated heterocycles. The Morgan fingerprint density at radius 1 is 0.661 bits per heavy atom. The van der Waals surface area contributed by atoms with Crippen LogP contribution >= 0.6 is 0 Å². The first-order valence-corrected chi connectivity index (χ1v) is 24.4. The van der Waals surface area contributed by atoms with Crippen molar-refractivity contribution in [2.24, 2.45) is 5.92 Å². The van der Waals surface area contributed by atoms with Gasteiger partial charge in [0.25, 0.3) is 0 Å². The number of aliphatic hydroxyl groups excluding tert-OH is 1. The fourth-order valence-electron chi connectivity index (χ4n) is 8.63. The zero-order valence-corrected chi connectivity index (χ0v) is 37.1. The van der Waals surface area contributed by atoms with Crippen LogP contribution < -0.4 is 5.32 Å². The molecule has 1 aliphatic heterocycles. The number of rotatable bonds is 37. The number of hydrogen-bond donors (Lipinski definition) is 2. The maximum atomic E-state index is 13.9. The van der Waals surface area contributed by atoms with E-state index in [2.05, 4.69) is 60.5 Å². The van der Waals surface area contributed by atoms with Crippen LogP contribution in [0.3, 0.4) is 0 Å². The molecule has 0 aromatic rings. The lowest BCUT2D eigenvalue weighted by atomic mass is 9.74. The molecule has 1 aliphatic carbocycles. The van der Waals surface area contributed by atoms with Crippen molar-refractivity contribution < 1.29 is 14.7 Å². The van der Waals surface area contributed by atoms with E-state index in [4.69, 9.17) is 0 Å². The average molecular weight is 782 g/mol. The van der Waals surface area contributed by atoms with Crippen molar-refractivity contribution in [3.05, 3.63) is 36.5 Å². The van der Waals surface area contributed by atoms with Crippen LogP contribution in [0.2, 0.25) is 0 Å². The number of amides is 2. The number of piperidine rings is 1. The Balaban J connectivity index is 1.70. The summed E-state index contributed by atoms with van der Waals surface area (Å²) in [6.45, 7) is 9.09. The van der Waals surface area contributed by atoms with E-state index in [1.54, 1.807) is 0 Å². The minimum Gasteiger partial charge on any atom is -0.396 e. The van der Waals surface area contributed by atoms with Gasteiger partial charge in [-0.25, -0.2) is 0 Å². The van der Waals surface area contributed by atoms with Gasteiger partial charge in [0, 0.05) is 32.7 Å². The van der Waals surface area contributed by atoms with Crippen molar-refractivity contribution in [2.45, 2.75) is 225 Å². The molecule has 0 aromatic carbocycles. The van der Waals surface area contributed by atoms with E-state index in [0.717, 1.165) is 96.7 Å². The SMILES string of the molecule is CCCCC/C=C\C/C=C\CCCCCCCC(=O)N(CCCN1CCCC(CO)C1)C1(C(=O)NCCCCCCCC/C=C\CCCCCCCC)CCC1. The van der Waals surface area contributed by atoms with Crippen molar-refractivity contribution in [2.75, 3.05) is 39.3 Å². The predicted molar refractivity (Wildman–Crippen MR) is 241 cm³/mol. The highest BCUT2D eigenvalue weighted by atomic mass is 16.3. The number of aliphatic hydroxyl groups is 1. The molecular weight excluding hydrogens is 691 g/mol. The second-order valence-electron chi connectivity index (χ2n) is 17.4. The molecule has 1 heterocycles. The van der Waals surface area contributed by atoms with Gasteiger partial charge in [0.2, 0.25) is 11.8 Å². The minimum atomic E-state index is -0.661. The molecule has 0 aromatic heterocycles. The Labute approximate surface area is 347 Å². The van der Waals surface area contributed by atoms with Gasteiger partial charge in [-0.1, -0.05) is 140 Å². The first-order chi connectivity index (χ1) is 27.6. The molecule has 1 saturated carbocycles. The molecule has 6 nitrogen and oxygen atoms in total. The van der Waals surface area contributed by atoms with Crippen LogP contribution in [0.5, 0.6) is 0 Å². The second kappa shape index (κ2) is 35.1. The fraction of sp³-hybridized carbons (Fsp3) is 0.840. The second-order valence-corrected chi connectivity index (χ2v) is 17.4. The molecule has 6 heteroatoms. The van der Waals surface area contributed by atoms with Crippen molar-refractivity contribution in [3.8, 4) is 0 Å². The summed E-state index contributed by atoms with van der Waals surface area (Å²) in [4.78, 5) is 32.2. The molecule has 2 fully saturated rings. The number of carbonyl (C=O) groups is 2. The van der Waals surface area contributed by atoms with Crippen molar-refractivity contribution in [3.63, 3.8) is 0 Å². The first-order valence-electron chi connectivity index (χ1n) is 24.4. The Bertz CT molecular complexity index is 1030. The summed E-state index contributed by atoms with van der Waals surface area (Å²) in [6.07, 6.45) is 51.1. The fourth-order valence-corrected chi connectivity index (χ4v) is 8.63. The van der Waals surface area contributed by atoms with Crippen LogP contribution in [0.4, 0.5) is 0 Å². The lowest BCUT2D eigenvalue weighted by Gasteiger charge is -2.49. The summed E-state index contributed by atoms with van der Waals surface area (Å²) in [6, 6.07) is 0. The highest BCUT2D eigenvalue weighted by Gasteiger charge is 2.50. The van der Waals surface area contributed by atoms with Gasteiger partial charge in [-0.3, -0.25) is 9.59 Å². The first kappa shape index (κ1) is 50.2. The zero-order valence-electron chi connectivity index (χ0n) is 37.1. The standard InChI is InChI=1S/C50H91N3O3/c1-3-5-7-9-11-13-15-17-19-21-23-25-27-29-31-33-41-51-49(56)50(39-35-40-50)53(44-36-43-52-42-34-37-47(45-52)46-54)48(55)38-32-30-28-26-24-22-20-18-16-14-12-10-8-6-4-2/h12,14,17-20,47,54H,3-11,13,15-16,21-46H2,1-2H3,(H,51,56)/b14-12-,19-17-,20-18-. The third kappa shape index (κ3) is 23.5. The molecule has 0 radical (unpaired) electrons. The third-order valence-electron chi connectivity index (χ3n) is 12.5. The number of likely N-dealkylation sites (tertiary alicyclic amines) is 1. The average Bonchev–Trinajstić information content (AvgIpc) is 3.19. The summed E-state index contributed by atoms with van der Waals surface area (Å²) in [5.41, 5.74) is -0.661. The topological polar surface area (TPSA) is 72.9 Å². The largest absolute Gasteiger partial charge is 0.396 e. The van der Waals surface area contributed by atoms with Gasteiger partial charge in [-0.05, 0) is 128 Å². The Kier molecular flexibility index (Phi) is 31.4. The number of allylic oxidation sites excluding steroid dienone is 6. The lowest BCUT2D eigenvalue weighted by Crippen LogP contribution is -2.65. The number of unbranched alkanes of at least 4 members (excludes halogenated alkanes) is 20. The van der Waals surface area contributed by atoms with Crippen LogP contribution in [0, 0.1) is 5.92 Å². The minimum absolute atomic E-state index is 0.0863. The molecule has 2 rings (SSSR count). The van der Waals surface area contributed by atoms with Crippen LogP contribution in [-0.2, 0) is 9.59 Å². The number of carbonyl (C=O) groups excluding carboxylic acids is 2. The molecule has 2 N–H and O–H groups in total. The number of hydrogen-bond acceptors (Lipinski definition) is 4. The van der Waals surface area contributed by atoms with Crippen molar-refractivity contribution >= 4 is 11.8 Å². The summed E-state index contributed by atoms with van der Waals surface area (Å²) in [5.74, 6) is 0.628. The molecule has 56 heavy (non-hydrogen) atoms. The molecule has 1 unspecified atom stereocenters. The Morgan fingerprint density at radius 2 is 1.18 bits per heavy atom. The maximum absolute atomic E-state index is 13.9. The molecule has 1 atom stereocenters. The van der Waals surface area contributed by atoms with Crippen molar-refractivity contribution in [1.82, 2.24) is 15.1 Å². The Hall–Kier alpha value is -1.92. The molecule has 2 aliphatic rings. The predicted octanol–water partition coefficient (Wildman–Crippen LogP) is 12.8. The molecular formula is C50H91N3O3. The highest BCUT2D eigenvalue weighted by Crippen LogP contribution is 2.39. The van der Waals surface area contributed by atoms with Gasteiger partial charge in [0.15, 0.2) is 0 Å². The molecule has 0 bridgehead atoms. The van der Waals surface area contributed by atoms with Crippen LogP contribution in [0.15, 0.2) is 36.5 Å². The van der Waals surface area contributed by atoms with Gasteiger partial charge in [-0.15, -0.1) is 0 Å². The molecule has 324 valence electrons. The van der Waals surface area contributed by atoms with Crippen LogP contribution in [-0.4, -0.2) is 71.6 Å². The van der Waals surface area contributed by atoms with E-state index < -0.39 is 5.54 Å². The zero-order chi connectivity index (χ0) is 40.2. The lowest BCUT2D eigenvalue weighted by molar-refractivity contribution is -0.154. The van der Waals surface area contributed by atoms with E-state index in [9.17, 15) is 14.7 Å². The number of nitrogens with zero attached hydrogens (tertiary/aromatic N) is 2. The van der Waals surface area contributed by atoms with Gasteiger partial charge in [-0.2, -0.15) is 0 Å². The molecule has 2 amide bonds. The summed E-state index contributed by atoms with van der Waals surface area (Å²) in [5, 5.41) is 13.0. The smallest absolute Gasteiger partial charge is 0.245 e. The summed E-state index contributed by atoms with van der Waals surface area (Å²) < 4.78 is 0. The molecule has 0 spiro atoms. The van der Waals surface area contributed by atoms with E-state index >= 15 is 0 Å². The van der Waals surface area contributed by atoms with E-state index in [-0.39, 0.29) is 18.4 Å². The van der Waals surface area contributed by atoms with E-state index in [1.807, 2.05) is 4.90 Å². The monoisotopic (exact) mass is 782 g/mol. The van der Waals surface area contributed by atoms with E-state index in [1.165, 1.54) is 122 Å². The maximum Gasteiger partial charge on any atom is 0.245 e. The van der Waals surface area contributed by atoms with Gasteiger partial charge < -0.3 is 20.2 Å². The van der Waals surface area contributed by atoms with Gasteiger partial charge >= 0.3 is 0 Å². The normalized spacial score (nSPS) is 17.3. The van der Waals surface area contributed by atoms with Gasteiger partial charge in [0.05, 0.1) is 0 Å². The van der Waals surface area contributed by atoms with Crippen molar-refractivity contribution in [1.29, 1.82) is 0 Å². The summed E-state index contributed by atoms with van der Waals surface area (Å²) >= 11 is 0. The van der Waals surface area contributed by atoms with E-state index in [0.29, 0.717) is 25.4 Å².